The first-order chi connectivity index (χ1) is 15.3. The summed E-state index contributed by atoms with van der Waals surface area (Å²) in [5.41, 5.74) is 8.32. The van der Waals surface area contributed by atoms with Crippen LogP contribution in [0.4, 0.5) is 0 Å². The van der Waals surface area contributed by atoms with Crippen LogP contribution >= 0.6 is 12.4 Å². The molecule has 33 heavy (non-hydrogen) atoms. The van der Waals surface area contributed by atoms with Crippen LogP contribution in [0.25, 0.3) is 0 Å². The zero-order chi connectivity index (χ0) is 22.9. The van der Waals surface area contributed by atoms with Gasteiger partial charge in [-0.1, -0.05) is 24.3 Å². The molecule has 0 spiro atoms. The van der Waals surface area contributed by atoms with Gasteiger partial charge in [0.2, 0.25) is 21.8 Å². The second-order valence-electron chi connectivity index (χ2n) is 7.90. The van der Waals surface area contributed by atoms with Crippen LogP contribution < -0.4 is 15.8 Å². The molecule has 0 aliphatic carbocycles. The molecule has 1 atom stereocenters. The molecule has 2 heterocycles. The van der Waals surface area contributed by atoms with Gasteiger partial charge in [0.05, 0.1) is 4.90 Å². The Hall–Kier alpha value is -2.79. The third-order valence-electron chi connectivity index (χ3n) is 5.73. The molecule has 4 N–H and O–H groups in total. The average molecular weight is 493 g/mol. The van der Waals surface area contributed by atoms with Crippen LogP contribution in [0.2, 0.25) is 0 Å². The average Bonchev–Trinajstić information content (AvgIpc) is 3.09. The Balaban J connectivity index is 0.00000306. The van der Waals surface area contributed by atoms with E-state index in [0.717, 1.165) is 11.1 Å². The first-order valence-corrected chi connectivity index (χ1v) is 11.8. The molecule has 2 aromatic carbocycles. The number of carbonyl (C=O) groups excluding carboxylic acids is 3. The largest absolute Gasteiger partial charge is 0.330 e. The van der Waals surface area contributed by atoms with E-state index in [1.807, 2.05) is 0 Å². The van der Waals surface area contributed by atoms with Crippen LogP contribution in [0.3, 0.4) is 0 Å². The van der Waals surface area contributed by atoms with Gasteiger partial charge in [-0.05, 0) is 54.3 Å². The Morgan fingerprint density at radius 3 is 2.42 bits per heavy atom. The van der Waals surface area contributed by atoms with Crippen molar-refractivity contribution < 1.29 is 22.8 Å². The van der Waals surface area contributed by atoms with E-state index in [9.17, 15) is 22.8 Å². The summed E-state index contributed by atoms with van der Waals surface area (Å²) in [5, 5.41) is 2.27. The molecule has 2 aromatic rings. The lowest BCUT2D eigenvalue weighted by Crippen LogP contribution is -2.52. The molecule has 4 rings (SSSR count). The summed E-state index contributed by atoms with van der Waals surface area (Å²) in [4.78, 5) is 38.0. The Morgan fingerprint density at radius 1 is 1.06 bits per heavy atom. The third kappa shape index (κ3) is 5.25. The SMILES string of the molecule is Cl.NCCc1ccc(S(=O)(=O)NCc2ccc3c(c2)C(=O)N(C2CCC(=O)NC2=O)C3)cc1. The highest BCUT2D eigenvalue weighted by Gasteiger charge is 2.39. The van der Waals surface area contributed by atoms with Gasteiger partial charge >= 0.3 is 0 Å². The summed E-state index contributed by atoms with van der Waals surface area (Å²) in [5.74, 6) is -1.10. The summed E-state index contributed by atoms with van der Waals surface area (Å²) in [6.45, 7) is 0.788. The number of piperidine rings is 1. The molecular formula is C22H25ClN4O5S. The van der Waals surface area contributed by atoms with Crippen molar-refractivity contribution in [2.75, 3.05) is 6.54 Å². The van der Waals surface area contributed by atoms with Crippen LogP contribution in [-0.2, 0) is 39.1 Å². The second kappa shape index (κ2) is 10.0. The topological polar surface area (TPSA) is 139 Å². The van der Waals surface area contributed by atoms with E-state index in [4.69, 9.17) is 5.73 Å². The number of halogens is 1. The van der Waals surface area contributed by atoms with E-state index in [1.54, 1.807) is 30.3 Å². The van der Waals surface area contributed by atoms with Crippen LogP contribution in [0.5, 0.6) is 0 Å². The number of amides is 3. The fourth-order valence-electron chi connectivity index (χ4n) is 3.98. The van der Waals surface area contributed by atoms with Gasteiger partial charge < -0.3 is 10.6 Å². The Morgan fingerprint density at radius 2 is 1.76 bits per heavy atom. The normalized spacial score (nSPS) is 18.0. The monoisotopic (exact) mass is 492 g/mol. The second-order valence-corrected chi connectivity index (χ2v) is 9.67. The lowest BCUT2D eigenvalue weighted by atomic mass is 10.0. The van der Waals surface area contributed by atoms with Gasteiger partial charge in [-0.25, -0.2) is 13.1 Å². The number of imide groups is 1. The predicted octanol–water partition coefficient (Wildman–Crippen LogP) is 0.849. The van der Waals surface area contributed by atoms with Crippen LogP contribution in [0, 0.1) is 0 Å². The van der Waals surface area contributed by atoms with Crippen molar-refractivity contribution in [1.29, 1.82) is 0 Å². The molecule has 0 bridgehead atoms. The summed E-state index contributed by atoms with van der Waals surface area (Å²) in [6.07, 6.45) is 1.16. The third-order valence-corrected chi connectivity index (χ3v) is 7.14. The van der Waals surface area contributed by atoms with E-state index < -0.39 is 22.0 Å². The molecule has 3 amide bonds. The summed E-state index contributed by atoms with van der Waals surface area (Å²) in [7, 11) is -3.72. The number of benzene rings is 2. The van der Waals surface area contributed by atoms with Crippen LogP contribution in [-0.4, -0.2) is 43.6 Å². The quantitative estimate of drug-likeness (QED) is 0.490. The number of fused-ring (bicyclic) bond motifs is 1. The number of nitrogens with two attached hydrogens (primary N) is 1. The Bertz CT molecular complexity index is 1180. The summed E-state index contributed by atoms with van der Waals surface area (Å²) in [6, 6.07) is 11.0. The first-order valence-electron chi connectivity index (χ1n) is 10.3. The standard InChI is InChI=1S/C22H24N4O5S.ClH/c23-10-9-14-2-5-17(6-3-14)32(30,31)24-12-15-1-4-16-13-26(22(29)18(16)11-15)19-7-8-20(27)25-21(19)28;/h1-6,11,19,24H,7-10,12-13,23H2,(H,25,27,28);1H. The smallest absolute Gasteiger partial charge is 0.255 e. The van der Waals surface area contributed by atoms with Gasteiger partial charge in [0, 0.05) is 25.1 Å². The minimum Gasteiger partial charge on any atom is -0.330 e. The van der Waals surface area contributed by atoms with E-state index in [-0.39, 0.29) is 48.6 Å². The molecule has 2 aliphatic heterocycles. The molecule has 1 saturated heterocycles. The van der Waals surface area contributed by atoms with E-state index >= 15 is 0 Å². The number of nitrogens with one attached hydrogen (secondary N) is 2. The number of nitrogens with zero attached hydrogens (tertiary/aromatic N) is 1. The molecular weight excluding hydrogens is 468 g/mol. The molecule has 176 valence electrons. The van der Waals surface area contributed by atoms with Gasteiger partial charge in [0.25, 0.3) is 5.91 Å². The fourth-order valence-corrected chi connectivity index (χ4v) is 4.99. The van der Waals surface area contributed by atoms with Crippen molar-refractivity contribution in [3.05, 3.63) is 64.7 Å². The van der Waals surface area contributed by atoms with Gasteiger partial charge in [0.15, 0.2) is 0 Å². The molecule has 2 aliphatic rings. The van der Waals surface area contributed by atoms with E-state index in [1.165, 1.54) is 17.0 Å². The molecule has 11 heteroatoms. The van der Waals surface area contributed by atoms with Gasteiger partial charge in [0.1, 0.15) is 6.04 Å². The van der Waals surface area contributed by atoms with Crippen LogP contribution in [0.1, 0.15) is 39.9 Å². The molecule has 1 fully saturated rings. The predicted molar refractivity (Wildman–Crippen MR) is 123 cm³/mol. The minimum atomic E-state index is -3.72. The molecule has 1 unspecified atom stereocenters. The number of carbonyl (C=O) groups is 3. The highest BCUT2D eigenvalue weighted by Crippen LogP contribution is 2.28. The number of hydrogen-bond acceptors (Lipinski definition) is 6. The number of sulfonamides is 1. The van der Waals surface area contributed by atoms with Gasteiger partial charge in [-0.2, -0.15) is 0 Å². The fraction of sp³-hybridized carbons (Fsp3) is 0.318. The first kappa shape index (κ1) is 24.8. The minimum absolute atomic E-state index is 0. The van der Waals surface area contributed by atoms with Crippen molar-refractivity contribution in [3.63, 3.8) is 0 Å². The van der Waals surface area contributed by atoms with E-state index in [2.05, 4.69) is 10.0 Å². The Kier molecular flexibility index (Phi) is 7.53. The molecule has 0 saturated carbocycles. The van der Waals surface area contributed by atoms with Gasteiger partial charge in [-0.15, -0.1) is 12.4 Å². The number of hydrogen-bond donors (Lipinski definition) is 3. The number of rotatable bonds is 7. The Labute approximate surface area is 198 Å². The molecule has 0 aromatic heterocycles. The zero-order valence-corrected chi connectivity index (χ0v) is 19.4. The zero-order valence-electron chi connectivity index (χ0n) is 17.7. The molecule has 0 radical (unpaired) electrons. The maximum atomic E-state index is 12.9. The van der Waals surface area contributed by atoms with Gasteiger partial charge in [-0.3, -0.25) is 19.7 Å². The van der Waals surface area contributed by atoms with Crippen LogP contribution in [0.15, 0.2) is 47.4 Å². The van der Waals surface area contributed by atoms with E-state index in [0.29, 0.717) is 30.5 Å². The van der Waals surface area contributed by atoms with Crippen molar-refractivity contribution in [3.8, 4) is 0 Å². The summed E-state index contributed by atoms with van der Waals surface area (Å²) >= 11 is 0. The summed E-state index contributed by atoms with van der Waals surface area (Å²) < 4.78 is 27.8. The van der Waals surface area contributed by atoms with Crippen molar-refractivity contribution in [2.45, 2.75) is 43.3 Å². The molecule has 9 nitrogen and oxygen atoms in total. The lowest BCUT2D eigenvalue weighted by Gasteiger charge is -2.29. The van der Waals surface area contributed by atoms with Crippen molar-refractivity contribution in [2.24, 2.45) is 5.73 Å². The van der Waals surface area contributed by atoms with Crippen molar-refractivity contribution >= 4 is 40.2 Å². The highest BCUT2D eigenvalue weighted by molar-refractivity contribution is 7.89. The highest BCUT2D eigenvalue weighted by atomic mass is 35.5. The van der Waals surface area contributed by atoms with Crippen molar-refractivity contribution in [1.82, 2.24) is 14.9 Å². The maximum absolute atomic E-state index is 12.9. The maximum Gasteiger partial charge on any atom is 0.255 e. The lowest BCUT2D eigenvalue weighted by molar-refractivity contribution is -0.136.